The van der Waals surface area contributed by atoms with Crippen LogP contribution < -0.4 is 4.90 Å². The van der Waals surface area contributed by atoms with Gasteiger partial charge in [-0.25, -0.2) is 0 Å². The number of benzene rings is 7. The summed E-state index contributed by atoms with van der Waals surface area (Å²) in [6.45, 7) is 0. The van der Waals surface area contributed by atoms with E-state index in [1.807, 2.05) is 0 Å². The largest absolute Gasteiger partial charge is 0.310 e. The Morgan fingerprint density at radius 1 is 0.404 bits per heavy atom. The Hall–Kier alpha value is -6.44. The Kier molecular flexibility index (Phi) is 9.84. The first-order valence-electron chi connectivity index (χ1n) is 18.2. The van der Waals surface area contributed by atoms with Crippen LogP contribution in [0.2, 0.25) is 0 Å². The molecule has 1 aliphatic rings. The summed E-state index contributed by atoms with van der Waals surface area (Å²) < 4.78 is 0. The highest BCUT2D eigenvalue weighted by Crippen LogP contribution is 2.38. The molecule has 0 fully saturated rings. The second-order valence-corrected chi connectivity index (χ2v) is 13.3. The molecule has 0 unspecified atom stereocenters. The maximum absolute atomic E-state index is 2.40. The number of rotatable bonds is 10. The molecule has 0 saturated heterocycles. The van der Waals surface area contributed by atoms with Gasteiger partial charge in [0.05, 0.1) is 0 Å². The molecule has 0 saturated carbocycles. The van der Waals surface area contributed by atoms with Crippen molar-refractivity contribution >= 4 is 40.4 Å². The Morgan fingerprint density at radius 3 is 1.37 bits per heavy atom. The van der Waals surface area contributed by atoms with Gasteiger partial charge in [0, 0.05) is 17.1 Å². The molecule has 0 bridgehead atoms. The molecule has 0 heterocycles. The minimum Gasteiger partial charge on any atom is -0.310 e. The highest BCUT2D eigenvalue weighted by Gasteiger charge is 2.17. The summed E-state index contributed by atoms with van der Waals surface area (Å²) in [4.78, 5) is 2.39. The summed E-state index contributed by atoms with van der Waals surface area (Å²) in [5.74, 6) is 0. The fourth-order valence-electron chi connectivity index (χ4n) is 7.18. The molecule has 0 atom stereocenters. The molecule has 0 aromatic heterocycles. The second-order valence-electron chi connectivity index (χ2n) is 13.3. The molecule has 0 aliphatic heterocycles. The average molecular weight is 668 g/mol. The Labute approximate surface area is 308 Å². The third-order valence-corrected chi connectivity index (χ3v) is 9.84. The van der Waals surface area contributed by atoms with Gasteiger partial charge in [0.2, 0.25) is 0 Å². The van der Waals surface area contributed by atoms with Gasteiger partial charge in [0.1, 0.15) is 0 Å². The van der Waals surface area contributed by atoms with Crippen LogP contribution in [-0.2, 0) is 12.8 Å². The SMILES string of the molecule is C(/C=C/c1ccc(N(c2ccc(C=C(c3ccccc3)c3ccccc3)cc2)c2ccc3c(c2)CCC3)cc1)=C(c1ccccc1)c1ccccc1. The van der Waals surface area contributed by atoms with Gasteiger partial charge in [-0.2, -0.15) is 0 Å². The lowest BCUT2D eigenvalue weighted by Crippen LogP contribution is -2.10. The van der Waals surface area contributed by atoms with E-state index >= 15 is 0 Å². The molecule has 1 aliphatic carbocycles. The Morgan fingerprint density at radius 2 is 0.846 bits per heavy atom. The van der Waals surface area contributed by atoms with Crippen LogP contribution in [0.25, 0.3) is 23.3 Å². The molecule has 0 spiro atoms. The van der Waals surface area contributed by atoms with Crippen molar-refractivity contribution < 1.29 is 0 Å². The summed E-state index contributed by atoms with van der Waals surface area (Å²) in [5.41, 5.74) is 16.0. The third kappa shape index (κ3) is 7.50. The molecule has 1 heteroatoms. The molecule has 0 N–H and O–H groups in total. The standard InChI is InChI=1S/C51H41N/c1-5-16-42(17-6-1)50(43-18-7-2-8-19-43)26-13-15-39-27-32-47(33-28-39)52(49-36-31-41-24-14-25-46(41)38-49)48-34-29-40(30-35-48)37-51(44-20-9-3-10-21-44)45-22-11-4-12-23-45/h1-13,15-23,26-38H,14,24-25H2/b15-13+. The number of aryl methyl sites for hydroxylation is 2. The van der Waals surface area contributed by atoms with Gasteiger partial charge in [-0.05, 0) is 117 Å². The highest BCUT2D eigenvalue weighted by atomic mass is 15.1. The monoisotopic (exact) mass is 667 g/mol. The van der Waals surface area contributed by atoms with Gasteiger partial charge in [0.25, 0.3) is 0 Å². The zero-order valence-electron chi connectivity index (χ0n) is 29.3. The van der Waals surface area contributed by atoms with Gasteiger partial charge < -0.3 is 4.90 Å². The van der Waals surface area contributed by atoms with Crippen LogP contribution in [0.1, 0.15) is 50.9 Å². The lowest BCUT2D eigenvalue weighted by Gasteiger charge is -2.26. The smallest absolute Gasteiger partial charge is 0.0464 e. The molecule has 1 nitrogen and oxygen atoms in total. The molecule has 8 rings (SSSR count). The predicted molar refractivity (Wildman–Crippen MR) is 222 cm³/mol. The van der Waals surface area contributed by atoms with Crippen molar-refractivity contribution in [3.05, 3.63) is 245 Å². The number of allylic oxidation sites excluding steroid dienone is 2. The molecule has 250 valence electrons. The van der Waals surface area contributed by atoms with Gasteiger partial charge in [-0.1, -0.05) is 170 Å². The van der Waals surface area contributed by atoms with E-state index in [-0.39, 0.29) is 0 Å². The van der Waals surface area contributed by atoms with Crippen LogP contribution in [0, 0.1) is 0 Å². The summed E-state index contributed by atoms with van der Waals surface area (Å²) in [6, 6.07) is 67.4. The summed E-state index contributed by atoms with van der Waals surface area (Å²) in [5, 5.41) is 0. The Balaban J connectivity index is 1.11. The van der Waals surface area contributed by atoms with Crippen molar-refractivity contribution in [2.75, 3.05) is 4.90 Å². The van der Waals surface area contributed by atoms with Crippen molar-refractivity contribution in [3.8, 4) is 0 Å². The number of hydrogen-bond acceptors (Lipinski definition) is 1. The first kappa shape index (κ1) is 32.7. The van der Waals surface area contributed by atoms with Gasteiger partial charge >= 0.3 is 0 Å². The van der Waals surface area contributed by atoms with E-state index in [1.54, 1.807) is 0 Å². The lowest BCUT2D eigenvalue weighted by atomic mass is 9.95. The molecular weight excluding hydrogens is 627 g/mol. The van der Waals surface area contributed by atoms with Gasteiger partial charge in [-0.15, -0.1) is 0 Å². The fraction of sp³-hybridized carbons (Fsp3) is 0.0588. The second kappa shape index (κ2) is 15.6. The van der Waals surface area contributed by atoms with E-state index < -0.39 is 0 Å². The van der Waals surface area contributed by atoms with Crippen LogP contribution in [0.3, 0.4) is 0 Å². The molecule has 7 aromatic carbocycles. The van der Waals surface area contributed by atoms with Gasteiger partial charge in [-0.3, -0.25) is 0 Å². The fourth-order valence-corrected chi connectivity index (χ4v) is 7.18. The van der Waals surface area contributed by atoms with Crippen molar-refractivity contribution in [3.63, 3.8) is 0 Å². The number of fused-ring (bicyclic) bond motifs is 1. The lowest BCUT2D eigenvalue weighted by molar-refractivity contribution is 0.912. The van der Waals surface area contributed by atoms with Crippen LogP contribution in [0.5, 0.6) is 0 Å². The summed E-state index contributed by atoms with van der Waals surface area (Å²) in [6.07, 6.45) is 12.4. The normalized spacial score (nSPS) is 11.9. The van der Waals surface area contributed by atoms with E-state index in [0.29, 0.717) is 0 Å². The number of hydrogen-bond donors (Lipinski definition) is 0. The van der Waals surface area contributed by atoms with Crippen molar-refractivity contribution in [1.82, 2.24) is 0 Å². The molecule has 52 heavy (non-hydrogen) atoms. The van der Waals surface area contributed by atoms with Crippen LogP contribution in [0.4, 0.5) is 17.1 Å². The quantitative estimate of drug-likeness (QED) is 0.104. The number of anilines is 3. The van der Waals surface area contributed by atoms with Crippen molar-refractivity contribution in [1.29, 1.82) is 0 Å². The van der Waals surface area contributed by atoms with Gasteiger partial charge in [0.15, 0.2) is 0 Å². The van der Waals surface area contributed by atoms with Crippen LogP contribution in [-0.4, -0.2) is 0 Å². The minimum absolute atomic E-state index is 1.14. The van der Waals surface area contributed by atoms with E-state index in [4.69, 9.17) is 0 Å². The summed E-state index contributed by atoms with van der Waals surface area (Å²) in [7, 11) is 0. The highest BCUT2D eigenvalue weighted by molar-refractivity contribution is 5.92. The summed E-state index contributed by atoms with van der Waals surface area (Å²) >= 11 is 0. The maximum atomic E-state index is 2.40. The molecular formula is C51H41N. The zero-order chi connectivity index (χ0) is 35.0. The zero-order valence-corrected chi connectivity index (χ0v) is 29.3. The van der Waals surface area contributed by atoms with Crippen molar-refractivity contribution in [2.24, 2.45) is 0 Å². The number of nitrogens with zero attached hydrogens (tertiary/aromatic N) is 1. The first-order valence-corrected chi connectivity index (χ1v) is 18.2. The third-order valence-electron chi connectivity index (χ3n) is 9.84. The minimum atomic E-state index is 1.14. The van der Waals surface area contributed by atoms with Crippen LogP contribution in [0.15, 0.2) is 200 Å². The molecule has 0 radical (unpaired) electrons. The first-order chi connectivity index (χ1) is 25.8. The average Bonchev–Trinajstić information content (AvgIpc) is 3.70. The molecule has 7 aromatic rings. The molecule has 0 amide bonds. The van der Waals surface area contributed by atoms with E-state index in [1.165, 1.54) is 68.6 Å². The topological polar surface area (TPSA) is 3.24 Å². The van der Waals surface area contributed by atoms with Crippen LogP contribution >= 0.6 is 0 Å². The predicted octanol–water partition coefficient (Wildman–Crippen LogP) is 13.4. The van der Waals surface area contributed by atoms with E-state index in [2.05, 4.69) is 217 Å². The van der Waals surface area contributed by atoms with Crippen molar-refractivity contribution in [2.45, 2.75) is 19.3 Å². The maximum Gasteiger partial charge on any atom is 0.0464 e. The van der Waals surface area contributed by atoms with E-state index in [0.717, 1.165) is 23.4 Å². The van der Waals surface area contributed by atoms with E-state index in [9.17, 15) is 0 Å². The Bertz CT molecular complexity index is 2230.